The number of nitrogens with one attached hydrogen (secondary N) is 1. The van der Waals surface area contributed by atoms with Crippen LogP contribution in [0.15, 0.2) is 54.6 Å². The lowest BCUT2D eigenvalue weighted by atomic mass is 9.93. The summed E-state index contributed by atoms with van der Waals surface area (Å²) in [5.41, 5.74) is 1.80. The molecule has 2 aromatic carbocycles. The van der Waals surface area contributed by atoms with E-state index in [1.807, 2.05) is 42.5 Å². The molecule has 5 nitrogen and oxygen atoms in total. The molecule has 1 N–H and O–H groups in total. The van der Waals surface area contributed by atoms with E-state index in [2.05, 4.69) is 12.2 Å². The van der Waals surface area contributed by atoms with E-state index >= 15 is 0 Å². The van der Waals surface area contributed by atoms with E-state index in [0.717, 1.165) is 23.3 Å². The summed E-state index contributed by atoms with van der Waals surface area (Å²) >= 11 is 0. The minimum absolute atomic E-state index is 0.237. The van der Waals surface area contributed by atoms with Crippen molar-refractivity contribution in [2.75, 3.05) is 6.54 Å². The minimum atomic E-state index is -0.988. The molecule has 1 aliphatic heterocycles. The number of carbonyl (C=O) groups excluding carboxylic acids is 3. The van der Waals surface area contributed by atoms with Gasteiger partial charge >= 0.3 is 6.03 Å². The molecular formula is C23H26N2O3. The second-order valence-corrected chi connectivity index (χ2v) is 7.51. The number of ketones is 1. The molecule has 1 aliphatic rings. The summed E-state index contributed by atoms with van der Waals surface area (Å²) in [6.45, 7) is 3.59. The molecule has 0 aliphatic carbocycles. The van der Waals surface area contributed by atoms with Crippen molar-refractivity contribution in [1.29, 1.82) is 0 Å². The van der Waals surface area contributed by atoms with Gasteiger partial charge in [-0.1, -0.05) is 67.9 Å². The maximum Gasteiger partial charge on any atom is 0.325 e. The zero-order valence-electron chi connectivity index (χ0n) is 16.4. The molecule has 0 bridgehead atoms. The van der Waals surface area contributed by atoms with Crippen LogP contribution >= 0.6 is 0 Å². The average molecular weight is 378 g/mol. The molecule has 0 aromatic heterocycles. The quantitative estimate of drug-likeness (QED) is 0.562. The van der Waals surface area contributed by atoms with Crippen LogP contribution in [0.1, 0.15) is 48.2 Å². The molecule has 1 heterocycles. The fraction of sp³-hybridized carbons (Fsp3) is 0.348. The largest absolute Gasteiger partial charge is 0.325 e. The van der Waals surface area contributed by atoms with Gasteiger partial charge in [0, 0.05) is 5.56 Å². The number of rotatable bonds is 8. The van der Waals surface area contributed by atoms with Crippen LogP contribution in [0.4, 0.5) is 4.79 Å². The smallest absolute Gasteiger partial charge is 0.323 e. The first-order valence-corrected chi connectivity index (χ1v) is 9.73. The highest BCUT2D eigenvalue weighted by Crippen LogP contribution is 2.23. The Morgan fingerprint density at radius 1 is 0.964 bits per heavy atom. The number of hydrogen-bond acceptors (Lipinski definition) is 3. The van der Waals surface area contributed by atoms with Gasteiger partial charge in [-0.15, -0.1) is 0 Å². The van der Waals surface area contributed by atoms with Crippen molar-refractivity contribution in [3.8, 4) is 0 Å². The fourth-order valence-electron chi connectivity index (χ4n) is 3.48. The summed E-state index contributed by atoms with van der Waals surface area (Å²) in [6.07, 6.45) is 3.15. The number of amides is 3. The Bertz CT molecular complexity index is 861. The summed E-state index contributed by atoms with van der Waals surface area (Å²) in [6, 6.07) is 16.7. The van der Waals surface area contributed by atoms with Gasteiger partial charge in [-0.2, -0.15) is 0 Å². The van der Waals surface area contributed by atoms with E-state index in [9.17, 15) is 14.4 Å². The number of nitrogens with zero attached hydrogens (tertiary/aromatic N) is 1. The van der Waals surface area contributed by atoms with Crippen LogP contribution in [0.2, 0.25) is 0 Å². The Kier molecular flexibility index (Phi) is 5.93. The molecule has 1 saturated heterocycles. The topological polar surface area (TPSA) is 66.5 Å². The third kappa shape index (κ3) is 4.30. The highest BCUT2D eigenvalue weighted by atomic mass is 16.2. The number of benzene rings is 2. The molecule has 0 saturated carbocycles. The number of imide groups is 1. The van der Waals surface area contributed by atoms with Crippen molar-refractivity contribution in [2.24, 2.45) is 0 Å². The molecular weight excluding hydrogens is 352 g/mol. The first-order chi connectivity index (χ1) is 13.4. The minimum Gasteiger partial charge on any atom is -0.323 e. The number of aryl methyl sites for hydroxylation is 2. The zero-order valence-corrected chi connectivity index (χ0v) is 16.4. The Labute approximate surface area is 165 Å². The number of hydrogen-bond donors (Lipinski definition) is 1. The van der Waals surface area contributed by atoms with Crippen LogP contribution in [0.5, 0.6) is 0 Å². The molecule has 3 amide bonds. The summed E-state index contributed by atoms with van der Waals surface area (Å²) in [7, 11) is 0. The number of urea groups is 1. The molecule has 0 unspecified atom stereocenters. The average Bonchev–Trinajstić information content (AvgIpc) is 2.91. The molecule has 2 aromatic rings. The Hall–Kier alpha value is -2.95. The van der Waals surface area contributed by atoms with Gasteiger partial charge in [-0.25, -0.2) is 4.79 Å². The molecule has 5 heteroatoms. The summed E-state index contributed by atoms with van der Waals surface area (Å²) in [5, 5.41) is 2.77. The molecule has 0 spiro atoms. The van der Waals surface area contributed by atoms with E-state index in [1.54, 1.807) is 19.1 Å². The van der Waals surface area contributed by atoms with Crippen LogP contribution in [-0.4, -0.2) is 34.7 Å². The van der Waals surface area contributed by atoms with Gasteiger partial charge in [0.05, 0.1) is 6.54 Å². The first kappa shape index (κ1) is 19.8. The lowest BCUT2D eigenvalue weighted by molar-refractivity contribution is -0.130. The zero-order chi connectivity index (χ0) is 20.1. The van der Waals surface area contributed by atoms with Gasteiger partial charge in [-0.3, -0.25) is 14.5 Å². The summed E-state index contributed by atoms with van der Waals surface area (Å²) < 4.78 is 0. The maximum absolute atomic E-state index is 12.9. The van der Waals surface area contributed by atoms with E-state index in [4.69, 9.17) is 0 Å². The Morgan fingerprint density at radius 3 is 2.25 bits per heavy atom. The summed E-state index contributed by atoms with van der Waals surface area (Å²) in [5.74, 6) is -0.580. The fourth-order valence-corrected chi connectivity index (χ4v) is 3.48. The van der Waals surface area contributed by atoms with Crippen molar-refractivity contribution in [3.63, 3.8) is 0 Å². The standard InChI is InChI=1S/C23H26N2O3/c1-3-7-17-10-12-19(13-11-17)20(26)16-25-21(27)23(2,24-22(25)28)15-14-18-8-5-4-6-9-18/h4-6,8-13H,3,7,14-16H2,1-2H3,(H,24,28)/t23-/m1/s1. The van der Waals surface area contributed by atoms with E-state index in [1.165, 1.54) is 5.56 Å². The Morgan fingerprint density at radius 2 is 1.61 bits per heavy atom. The predicted molar refractivity (Wildman–Crippen MR) is 108 cm³/mol. The van der Waals surface area contributed by atoms with E-state index in [-0.39, 0.29) is 18.2 Å². The van der Waals surface area contributed by atoms with E-state index in [0.29, 0.717) is 18.4 Å². The van der Waals surface area contributed by atoms with Crippen LogP contribution in [0.3, 0.4) is 0 Å². The maximum atomic E-state index is 12.9. The Balaban J connectivity index is 1.64. The molecule has 1 atom stereocenters. The molecule has 1 fully saturated rings. The van der Waals surface area contributed by atoms with Crippen LogP contribution in [0, 0.1) is 0 Å². The molecule has 0 radical (unpaired) electrons. The lowest BCUT2D eigenvalue weighted by Crippen LogP contribution is -2.44. The monoisotopic (exact) mass is 378 g/mol. The van der Waals surface area contributed by atoms with Crippen molar-refractivity contribution in [1.82, 2.24) is 10.2 Å². The predicted octanol–water partition coefficient (Wildman–Crippen LogP) is 3.77. The third-order valence-electron chi connectivity index (χ3n) is 5.22. The lowest BCUT2D eigenvalue weighted by Gasteiger charge is -2.21. The van der Waals surface area contributed by atoms with Crippen molar-refractivity contribution < 1.29 is 14.4 Å². The van der Waals surface area contributed by atoms with Gasteiger partial charge in [-0.05, 0) is 37.3 Å². The highest BCUT2D eigenvalue weighted by molar-refractivity contribution is 6.11. The second kappa shape index (κ2) is 8.38. The number of Topliss-reactive ketones (excluding diaryl/α,β-unsaturated/α-hetero) is 1. The van der Waals surface area contributed by atoms with Crippen LogP contribution in [0.25, 0.3) is 0 Å². The summed E-state index contributed by atoms with van der Waals surface area (Å²) in [4.78, 5) is 38.8. The second-order valence-electron chi connectivity index (χ2n) is 7.51. The SMILES string of the molecule is CCCc1ccc(C(=O)CN2C(=O)N[C@](C)(CCc3ccccc3)C2=O)cc1. The van der Waals surface area contributed by atoms with Gasteiger partial charge < -0.3 is 5.32 Å². The number of carbonyl (C=O) groups is 3. The molecule has 146 valence electrons. The van der Waals surface area contributed by atoms with Crippen LogP contribution in [-0.2, 0) is 17.6 Å². The van der Waals surface area contributed by atoms with Gasteiger partial charge in [0.15, 0.2) is 5.78 Å². The normalized spacial score (nSPS) is 19.0. The first-order valence-electron chi connectivity index (χ1n) is 9.73. The van der Waals surface area contributed by atoms with Gasteiger partial charge in [0.25, 0.3) is 5.91 Å². The molecule has 28 heavy (non-hydrogen) atoms. The van der Waals surface area contributed by atoms with Crippen molar-refractivity contribution in [3.05, 3.63) is 71.3 Å². The van der Waals surface area contributed by atoms with Crippen molar-refractivity contribution in [2.45, 2.75) is 45.1 Å². The van der Waals surface area contributed by atoms with Crippen molar-refractivity contribution >= 4 is 17.7 Å². The molecule has 3 rings (SSSR count). The van der Waals surface area contributed by atoms with Gasteiger partial charge in [0.1, 0.15) is 5.54 Å². The highest BCUT2D eigenvalue weighted by Gasteiger charge is 2.47. The van der Waals surface area contributed by atoms with E-state index < -0.39 is 11.6 Å². The van der Waals surface area contributed by atoms with Gasteiger partial charge in [0.2, 0.25) is 0 Å². The van der Waals surface area contributed by atoms with Crippen LogP contribution < -0.4 is 5.32 Å². The third-order valence-corrected chi connectivity index (χ3v) is 5.22.